The largest absolute Gasteiger partial charge is 0.476 e. The average Bonchev–Trinajstić information content (AvgIpc) is 3.97. The van der Waals surface area contributed by atoms with Crippen LogP contribution in [-0.2, 0) is 6.42 Å². The van der Waals surface area contributed by atoms with Crippen molar-refractivity contribution < 1.29 is 14.3 Å². The van der Waals surface area contributed by atoms with E-state index < -0.39 is 0 Å². The van der Waals surface area contributed by atoms with E-state index in [2.05, 4.69) is 94.5 Å². The molecule has 2 atom stereocenters. The highest BCUT2D eigenvalue weighted by molar-refractivity contribution is 7.97. The van der Waals surface area contributed by atoms with Crippen LogP contribution < -0.4 is 29.3 Å². The maximum absolute atomic E-state index is 14.5. The number of aromatic nitrogens is 3. The van der Waals surface area contributed by atoms with Gasteiger partial charge in [0.05, 0.1) is 23.9 Å². The van der Waals surface area contributed by atoms with E-state index in [-0.39, 0.29) is 17.6 Å². The third-order valence-corrected chi connectivity index (χ3v) is 15.8. The number of pyridine rings is 2. The number of carbonyl (C=O) groups is 1. The van der Waals surface area contributed by atoms with E-state index in [4.69, 9.17) is 14.5 Å². The predicted octanol–water partition coefficient (Wildman–Crippen LogP) is 10.6. The van der Waals surface area contributed by atoms with Crippen LogP contribution in [0.5, 0.6) is 11.8 Å². The second-order valence-corrected chi connectivity index (χ2v) is 20.1. The topological polar surface area (TPSA) is 140 Å². The lowest BCUT2D eigenvalue weighted by molar-refractivity contribution is -0.0227. The van der Waals surface area contributed by atoms with Crippen molar-refractivity contribution in [3.8, 4) is 11.8 Å². The zero-order valence-electron chi connectivity index (χ0n) is 37.1. The van der Waals surface area contributed by atoms with E-state index in [1.165, 1.54) is 57.9 Å². The fourth-order valence-corrected chi connectivity index (χ4v) is 12.2. The zero-order chi connectivity index (χ0) is 44.2. The van der Waals surface area contributed by atoms with E-state index in [1.54, 1.807) is 17.2 Å². The number of H-pyrrole nitrogens is 1. The maximum atomic E-state index is 14.5. The molecule has 2 saturated heterocycles. The van der Waals surface area contributed by atoms with Gasteiger partial charge >= 0.3 is 0 Å². The van der Waals surface area contributed by atoms with E-state index in [9.17, 15) is 9.70 Å². The second-order valence-electron chi connectivity index (χ2n) is 19.3. The van der Waals surface area contributed by atoms with E-state index >= 15 is 0 Å². The van der Waals surface area contributed by atoms with Gasteiger partial charge in [-0.2, -0.15) is 4.98 Å². The molecule has 3 aromatic carbocycles. The second kappa shape index (κ2) is 17.3. The van der Waals surface area contributed by atoms with Gasteiger partial charge in [-0.3, -0.25) is 14.4 Å². The summed E-state index contributed by atoms with van der Waals surface area (Å²) in [4.78, 5) is 46.9. The lowest BCUT2D eigenvalue weighted by Crippen LogP contribution is -2.55. The molecule has 7 heterocycles. The lowest BCUT2D eigenvalue weighted by atomic mass is 9.59. The fourth-order valence-electron chi connectivity index (χ4n) is 11.5. The molecule has 2 aliphatic carbocycles. The first-order valence-corrected chi connectivity index (χ1v) is 24.7. The predicted molar refractivity (Wildman–Crippen MR) is 260 cm³/mol. The summed E-state index contributed by atoms with van der Waals surface area (Å²) < 4.78 is 15.3. The normalized spacial score (nSPS) is 21.5. The lowest BCUT2D eigenvalue weighted by Gasteiger charge is -2.56. The minimum absolute atomic E-state index is 0.0512. The highest BCUT2D eigenvalue weighted by Crippen LogP contribution is 2.55. The van der Waals surface area contributed by atoms with Gasteiger partial charge in [0, 0.05) is 67.0 Å². The van der Waals surface area contributed by atoms with Crippen LogP contribution in [-0.4, -0.2) is 77.2 Å². The van der Waals surface area contributed by atoms with Gasteiger partial charge in [0.15, 0.2) is 0 Å². The molecule has 0 radical (unpaired) electrons. The molecule has 3 N–H and O–H groups in total. The molecule has 14 heteroatoms. The Balaban J connectivity index is 0.774. The molecule has 2 saturated carbocycles. The van der Waals surface area contributed by atoms with Gasteiger partial charge in [0.25, 0.3) is 5.91 Å². The Morgan fingerprint density at radius 3 is 2.52 bits per heavy atom. The van der Waals surface area contributed by atoms with Crippen LogP contribution in [0, 0.1) is 10.3 Å². The number of anilines is 4. The third kappa shape index (κ3) is 7.91. The SMILES string of the molecule is O=Nc1cc(SNC(=O)c2ccc(N3CCC4(CC3)CC(N3CCCC3c3ccccc3C3CC3)C4)cc2N2CCCOc3nc4[nH]ccc4cc32)nc2c1N[C@@H](Cc1ccccc1)CO2. The molecule has 338 valence electrons. The van der Waals surface area contributed by atoms with Crippen LogP contribution in [0.15, 0.2) is 107 Å². The Labute approximate surface area is 389 Å². The monoisotopic (exact) mass is 901 g/mol. The van der Waals surface area contributed by atoms with Crippen molar-refractivity contribution in [2.45, 2.75) is 93.3 Å². The molecule has 0 bridgehead atoms. The number of rotatable bonds is 11. The number of amides is 1. The van der Waals surface area contributed by atoms with E-state index in [0.717, 1.165) is 77.5 Å². The molecule has 4 fully saturated rings. The van der Waals surface area contributed by atoms with Gasteiger partial charge in [0.2, 0.25) is 11.8 Å². The van der Waals surface area contributed by atoms with Crippen LogP contribution in [0.3, 0.4) is 0 Å². The Morgan fingerprint density at radius 2 is 1.68 bits per heavy atom. The van der Waals surface area contributed by atoms with E-state index in [1.807, 2.05) is 36.5 Å². The van der Waals surface area contributed by atoms with Crippen molar-refractivity contribution in [1.82, 2.24) is 24.6 Å². The molecular weight excluding hydrogens is 847 g/mol. The summed E-state index contributed by atoms with van der Waals surface area (Å²) in [5.41, 5.74) is 9.40. The van der Waals surface area contributed by atoms with Crippen molar-refractivity contribution >= 4 is 57.3 Å². The summed E-state index contributed by atoms with van der Waals surface area (Å²) in [6.45, 7) is 4.71. The third-order valence-electron chi connectivity index (χ3n) is 15.1. The van der Waals surface area contributed by atoms with Crippen LogP contribution in [0.2, 0.25) is 0 Å². The number of benzene rings is 3. The van der Waals surface area contributed by atoms with Crippen LogP contribution in [0.1, 0.15) is 96.8 Å². The van der Waals surface area contributed by atoms with Gasteiger partial charge in [-0.25, -0.2) is 4.98 Å². The van der Waals surface area contributed by atoms with Gasteiger partial charge in [-0.15, -0.1) is 4.91 Å². The van der Waals surface area contributed by atoms with Gasteiger partial charge in [-0.1, -0.05) is 54.6 Å². The fraction of sp³-hybridized carbons (Fsp3) is 0.404. The highest BCUT2D eigenvalue weighted by atomic mass is 32.2. The molecule has 12 rings (SSSR count). The number of fused-ring (bicyclic) bond motifs is 3. The minimum Gasteiger partial charge on any atom is -0.476 e. The molecule has 1 unspecified atom stereocenters. The van der Waals surface area contributed by atoms with Crippen molar-refractivity contribution in [2.24, 2.45) is 10.6 Å². The quantitative estimate of drug-likeness (QED) is 0.0845. The summed E-state index contributed by atoms with van der Waals surface area (Å²) in [6.07, 6.45) is 13.5. The number of hydrogen-bond acceptors (Lipinski definition) is 12. The summed E-state index contributed by atoms with van der Waals surface area (Å²) in [5.74, 6) is 1.32. The maximum Gasteiger partial charge on any atom is 0.263 e. The van der Waals surface area contributed by atoms with Crippen molar-refractivity contribution in [1.29, 1.82) is 0 Å². The molecule has 6 aliphatic rings. The van der Waals surface area contributed by atoms with Crippen molar-refractivity contribution in [3.63, 3.8) is 0 Å². The Morgan fingerprint density at radius 1 is 0.848 bits per heavy atom. The summed E-state index contributed by atoms with van der Waals surface area (Å²) in [5, 5.41) is 8.10. The molecule has 4 aliphatic heterocycles. The number of nitrogens with one attached hydrogen (secondary N) is 3. The number of nitrogens with zero attached hydrogens (tertiary/aromatic N) is 6. The standard InChI is InChI=1S/C52H55N9O4S/c62-49(58-66-46-29-42(57-63)47-51(55-46)65-32-36(54-47)26-33-8-2-1-3-9-33)41-16-15-37(28-44(41)61-22-7-25-64-50-45(61)27-35-17-20-53-48(35)56-50)59-23-18-52(19-24-59)30-38(31-52)60-21-6-12-43(60)40-11-5-4-10-39(40)34-13-14-34/h1-5,8-11,15-17,20,27-29,34,36,38,43,54H,6-7,12-14,18-19,21-26,30-32H2,(H,53,56)(H,58,62)/t36-,43?/m0/s1. The molecular formula is C52H55N9O4S. The van der Waals surface area contributed by atoms with Crippen LogP contribution in [0.4, 0.5) is 28.4 Å². The van der Waals surface area contributed by atoms with Gasteiger partial charge in [0.1, 0.15) is 34.3 Å². The zero-order valence-corrected chi connectivity index (χ0v) is 37.9. The number of aromatic amines is 1. The molecule has 66 heavy (non-hydrogen) atoms. The van der Waals surface area contributed by atoms with Crippen molar-refractivity contribution in [3.05, 3.63) is 124 Å². The summed E-state index contributed by atoms with van der Waals surface area (Å²) >= 11 is 1.04. The number of piperidine rings is 1. The van der Waals surface area contributed by atoms with Gasteiger partial charge < -0.3 is 29.6 Å². The number of nitroso groups, excluding NO2 is 1. The first-order chi connectivity index (χ1) is 32.5. The van der Waals surface area contributed by atoms with Crippen LogP contribution >= 0.6 is 11.9 Å². The molecule has 3 aromatic heterocycles. The summed E-state index contributed by atoms with van der Waals surface area (Å²) in [7, 11) is 0. The molecule has 1 amide bonds. The molecule has 1 spiro atoms. The molecule has 6 aromatic rings. The Bertz CT molecular complexity index is 2780. The number of hydrogen-bond donors (Lipinski definition) is 3. The molecule has 13 nitrogen and oxygen atoms in total. The first kappa shape index (κ1) is 41.3. The van der Waals surface area contributed by atoms with E-state index in [0.29, 0.717) is 65.3 Å². The highest BCUT2D eigenvalue weighted by Gasteiger charge is 2.50. The Hall–Kier alpha value is -6.12. The summed E-state index contributed by atoms with van der Waals surface area (Å²) in [6, 6.07) is 32.5. The van der Waals surface area contributed by atoms with Crippen LogP contribution in [0.25, 0.3) is 11.0 Å². The number of likely N-dealkylation sites (tertiary alicyclic amines) is 1. The first-order valence-electron chi connectivity index (χ1n) is 23.9. The van der Waals surface area contributed by atoms with Gasteiger partial charge in [-0.05, 0) is 134 Å². The minimum atomic E-state index is -0.288. The smallest absolute Gasteiger partial charge is 0.263 e. The Kier molecular flexibility index (Phi) is 10.8. The number of carbonyl (C=O) groups excluding carboxylic acids is 1. The van der Waals surface area contributed by atoms with Crippen molar-refractivity contribution in [2.75, 3.05) is 54.5 Å². The number of ether oxygens (including phenoxy) is 2. The average molecular weight is 902 g/mol.